The van der Waals surface area contributed by atoms with Gasteiger partial charge in [-0.1, -0.05) is 17.7 Å². The van der Waals surface area contributed by atoms with E-state index in [4.69, 9.17) is 11.6 Å². The molecule has 0 spiro atoms. The molecule has 1 aliphatic rings. The van der Waals surface area contributed by atoms with E-state index in [1.807, 2.05) is 0 Å². The molecule has 1 saturated heterocycles. The zero-order chi connectivity index (χ0) is 15.3. The average molecular weight is 332 g/mol. The minimum Gasteiger partial charge on any atom is -0.337 e. The van der Waals surface area contributed by atoms with Crippen molar-refractivity contribution in [2.45, 2.75) is 12.8 Å². The van der Waals surface area contributed by atoms with Gasteiger partial charge in [0.1, 0.15) is 0 Å². The largest absolute Gasteiger partial charge is 0.337 e. The van der Waals surface area contributed by atoms with Crippen molar-refractivity contribution in [2.24, 2.45) is 0 Å². The summed E-state index contributed by atoms with van der Waals surface area (Å²) in [7, 11) is -3.27. The number of anilines is 1. The first-order valence-corrected chi connectivity index (χ1v) is 8.74. The van der Waals surface area contributed by atoms with Crippen LogP contribution in [0.2, 0.25) is 5.02 Å². The van der Waals surface area contributed by atoms with E-state index < -0.39 is 16.1 Å². The maximum Gasteiger partial charge on any atom is 0.319 e. The number of hydrogen-bond acceptors (Lipinski definition) is 3. The molecule has 8 heteroatoms. The second kappa shape index (κ2) is 7.11. The second-order valence-corrected chi connectivity index (χ2v) is 7.34. The number of amides is 2. The van der Waals surface area contributed by atoms with Gasteiger partial charge in [0.25, 0.3) is 0 Å². The summed E-state index contributed by atoms with van der Waals surface area (Å²) in [5.41, 5.74) is 0.558. The molecule has 0 aliphatic carbocycles. The van der Waals surface area contributed by atoms with Crippen LogP contribution >= 0.6 is 11.6 Å². The molecule has 2 amide bonds. The molecule has 0 atom stereocenters. The summed E-state index contributed by atoms with van der Waals surface area (Å²) in [6.45, 7) is 1.24. The summed E-state index contributed by atoms with van der Waals surface area (Å²) in [6.07, 6.45) is 1.81. The van der Waals surface area contributed by atoms with Crippen molar-refractivity contribution in [3.63, 3.8) is 0 Å². The third kappa shape index (κ3) is 4.87. The van der Waals surface area contributed by atoms with Crippen LogP contribution < -0.4 is 10.6 Å². The fourth-order valence-corrected chi connectivity index (χ4v) is 3.75. The van der Waals surface area contributed by atoms with Crippen LogP contribution in [0, 0.1) is 0 Å². The Hall–Kier alpha value is -1.31. The van der Waals surface area contributed by atoms with Gasteiger partial charge in [0, 0.05) is 30.3 Å². The van der Waals surface area contributed by atoms with Crippen LogP contribution in [0.15, 0.2) is 24.3 Å². The van der Waals surface area contributed by atoms with E-state index in [1.54, 1.807) is 24.3 Å². The van der Waals surface area contributed by atoms with E-state index in [-0.39, 0.29) is 12.3 Å². The number of nitrogens with one attached hydrogen (secondary N) is 2. The highest BCUT2D eigenvalue weighted by Gasteiger charge is 2.24. The number of rotatable bonds is 5. The minimum atomic E-state index is -3.27. The molecule has 21 heavy (non-hydrogen) atoms. The SMILES string of the molecule is O=C(NCCS(=O)(=O)N1CCCC1)Nc1cccc(Cl)c1. The van der Waals surface area contributed by atoms with Crippen molar-refractivity contribution in [2.75, 3.05) is 30.7 Å². The normalized spacial score (nSPS) is 15.9. The lowest BCUT2D eigenvalue weighted by molar-refractivity contribution is 0.252. The van der Waals surface area contributed by atoms with Crippen LogP contribution in [-0.2, 0) is 10.0 Å². The molecular weight excluding hydrogens is 314 g/mol. The van der Waals surface area contributed by atoms with Crippen molar-refractivity contribution in [3.05, 3.63) is 29.3 Å². The van der Waals surface area contributed by atoms with Crippen LogP contribution in [0.5, 0.6) is 0 Å². The summed E-state index contributed by atoms with van der Waals surface area (Å²) < 4.78 is 25.4. The van der Waals surface area contributed by atoms with E-state index in [2.05, 4.69) is 10.6 Å². The zero-order valence-electron chi connectivity index (χ0n) is 11.5. The molecule has 2 rings (SSSR count). The van der Waals surface area contributed by atoms with Crippen LogP contribution in [0.1, 0.15) is 12.8 Å². The molecule has 1 heterocycles. The van der Waals surface area contributed by atoms with Gasteiger partial charge in [-0.15, -0.1) is 0 Å². The van der Waals surface area contributed by atoms with Crippen molar-refractivity contribution >= 4 is 33.3 Å². The molecule has 116 valence electrons. The van der Waals surface area contributed by atoms with Crippen LogP contribution in [-0.4, -0.2) is 44.1 Å². The number of carbonyl (C=O) groups excluding carboxylic acids is 1. The third-order valence-electron chi connectivity index (χ3n) is 3.19. The molecule has 2 N–H and O–H groups in total. The predicted octanol–water partition coefficient (Wildman–Crippen LogP) is 1.89. The molecule has 1 fully saturated rings. The van der Waals surface area contributed by atoms with E-state index >= 15 is 0 Å². The Morgan fingerprint density at radius 2 is 2.00 bits per heavy atom. The molecule has 0 aromatic heterocycles. The summed E-state index contributed by atoms with van der Waals surface area (Å²) in [5.74, 6) is -0.0873. The fourth-order valence-electron chi connectivity index (χ4n) is 2.13. The maximum absolute atomic E-state index is 12.0. The van der Waals surface area contributed by atoms with Gasteiger partial charge in [-0.25, -0.2) is 17.5 Å². The number of carbonyl (C=O) groups is 1. The summed E-state index contributed by atoms with van der Waals surface area (Å²) >= 11 is 5.81. The van der Waals surface area contributed by atoms with E-state index in [0.29, 0.717) is 23.8 Å². The lowest BCUT2D eigenvalue weighted by Crippen LogP contribution is -2.37. The molecule has 0 radical (unpaired) electrons. The third-order valence-corrected chi connectivity index (χ3v) is 5.29. The number of halogens is 1. The maximum atomic E-state index is 12.0. The summed E-state index contributed by atoms with van der Waals surface area (Å²) in [6, 6.07) is 6.28. The van der Waals surface area contributed by atoms with Gasteiger partial charge in [-0.2, -0.15) is 0 Å². The lowest BCUT2D eigenvalue weighted by Gasteiger charge is -2.15. The van der Waals surface area contributed by atoms with Gasteiger partial charge >= 0.3 is 6.03 Å². The quantitative estimate of drug-likeness (QED) is 0.864. The van der Waals surface area contributed by atoms with Crippen molar-refractivity contribution in [3.8, 4) is 0 Å². The molecule has 0 unspecified atom stereocenters. The smallest absolute Gasteiger partial charge is 0.319 e. The highest BCUT2D eigenvalue weighted by Crippen LogP contribution is 2.15. The highest BCUT2D eigenvalue weighted by atomic mass is 35.5. The molecule has 1 aromatic carbocycles. The number of benzene rings is 1. The number of nitrogens with zero attached hydrogens (tertiary/aromatic N) is 1. The first-order valence-electron chi connectivity index (χ1n) is 6.76. The molecule has 6 nitrogen and oxygen atoms in total. The van der Waals surface area contributed by atoms with Crippen molar-refractivity contribution < 1.29 is 13.2 Å². The standard InChI is InChI=1S/C13H18ClN3O3S/c14-11-4-3-5-12(10-11)16-13(18)15-6-9-21(19,20)17-7-1-2-8-17/h3-5,10H,1-2,6-9H2,(H2,15,16,18). The Morgan fingerprint density at radius 1 is 1.29 bits per heavy atom. The minimum absolute atomic E-state index is 0.0746. The van der Waals surface area contributed by atoms with Crippen LogP contribution in [0.4, 0.5) is 10.5 Å². The van der Waals surface area contributed by atoms with E-state index in [9.17, 15) is 13.2 Å². The van der Waals surface area contributed by atoms with Gasteiger partial charge in [0.15, 0.2) is 0 Å². The van der Waals surface area contributed by atoms with Gasteiger partial charge in [0.2, 0.25) is 10.0 Å². The van der Waals surface area contributed by atoms with Gasteiger partial charge in [-0.05, 0) is 31.0 Å². The molecule has 0 saturated carbocycles. The first-order chi connectivity index (χ1) is 9.97. The molecule has 1 aliphatic heterocycles. The van der Waals surface area contributed by atoms with E-state index in [0.717, 1.165) is 12.8 Å². The van der Waals surface area contributed by atoms with Gasteiger partial charge in [0.05, 0.1) is 5.75 Å². The van der Waals surface area contributed by atoms with Crippen LogP contribution in [0.3, 0.4) is 0 Å². The number of sulfonamides is 1. The van der Waals surface area contributed by atoms with Crippen molar-refractivity contribution in [1.82, 2.24) is 9.62 Å². The Bertz CT molecular complexity index is 600. The van der Waals surface area contributed by atoms with Crippen LogP contribution in [0.25, 0.3) is 0 Å². The second-order valence-electron chi connectivity index (χ2n) is 4.81. The Balaban J connectivity index is 1.76. The molecule has 0 bridgehead atoms. The lowest BCUT2D eigenvalue weighted by atomic mass is 10.3. The predicted molar refractivity (Wildman–Crippen MR) is 83.1 cm³/mol. The zero-order valence-corrected chi connectivity index (χ0v) is 13.1. The average Bonchev–Trinajstić information content (AvgIpc) is 2.93. The fraction of sp³-hybridized carbons (Fsp3) is 0.462. The highest BCUT2D eigenvalue weighted by molar-refractivity contribution is 7.89. The number of hydrogen-bond donors (Lipinski definition) is 2. The Morgan fingerprint density at radius 3 is 2.67 bits per heavy atom. The Kier molecular flexibility index (Phi) is 5.44. The molecular formula is C13H18ClN3O3S. The Labute approximate surface area is 129 Å². The van der Waals surface area contributed by atoms with Gasteiger partial charge in [-0.3, -0.25) is 0 Å². The van der Waals surface area contributed by atoms with E-state index in [1.165, 1.54) is 4.31 Å². The summed E-state index contributed by atoms with van der Waals surface area (Å²) in [5, 5.41) is 5.64. The monoisotopic (exact) mass is 331 g/mol. The molecule has 1 aromatic rings. The first kappa shape index (κ1) is 16.1. The van der Waals surface area contributed by atoms with Gasteiger partial charge < -0.3 is 10.6 Å². The topological polar surface area (TPSA) is 78.5 Å². The summed E-state index contributed by atoms with van der Waals surface area (Å²) in [4.78, 5) is 11.7. The number of urea groups is 1. The van der Waals surface area contributed by atoms with Crippen molar-refractivity contribution in [1.29, 1.82) is 0 Å².